The van der Waals surface area contributed by atoms with E-state index in [0.29, 0.717) is 0 Å². The molecule has 0 heterocycles. The molecule has 0 aliphatic rings. The van der Waals surface area contributed by atoms with Crippen molar-refractivity contribution in [3.8, 4) is 0 Å². The average molecular weight is 249 g/mol. The highest BCUT2D eigenvalue weighted by Crippen LogP contribution is 2.05. The minimum atomic E-state index is -1.07. The van der Waals surface area contributed by atoms with Crippen LogP contribution in [0.4, 0.5) is 0 Å². The smallest absolute Gasteiger partial charge is 0.321 e. The number of rotatable bonds is 8. The second-order valence-electron chi connectivity index (χ2n) is 3.35. The van der Waals surface area contributed by atoms with Gasteiger partial charge in [0.1, 0.15) is 0 Å². The standard InChI is InChI=1S/C10H19NO6/c1-16-9(14)8(10(15)17-2)7-11(3-5-12)4-6-13/h8,12-13H,3-7H2,1-2H3. The molecule has 7 nitrogen and oxygen atoms in total. The van der Waals surface area contributed by atoms with Gasteiger partial charge < -0.3 is 19.7 Å². The van der Waals surface area contributed by atoms with E-state index < -0.39 is 17.9 Å². The molecule has 0 radical (unpaired) electrons. The highest BCUT2D eigenvalue weighted by atomic mass is 16.5. The summed E-state index contributed by atoms with van der Waals surface area (Å²) in [6.07, 6.45) is 0. The van der Waals surface area contributed by atoms with E-state index in [4.69, 9.17) is 10.2 Å². The van der Waals surface area contributed by atoms with Gasteiger partial charge in [0.15, 0.2) is 5.92 Å². The van der Waals surface area contributed by atoms with Crippen LogP contribution in [0.3, 0.4) is 0 Å². The van der Waals surface area contributed by atoms with Crippen molar-refractivity contribution in [2.24, 2.45) is 5.92 Å². The molecule has 0 saturated carbocycles. The van der Waals surface area contributed by atoms with E-state index in [0.717, 1.165) is 0 Å². The van der Waals surface area contributed by atoms with E-state index in [1.165, 1.54) is 14.2 Å². The van der Waals surface area contributed by atoms with Crippen LogP contribution in [0.15, 0.2) is 0 Å². The molecule has 0 saturated heterocycles. The first-order valence-electron chi connectivity index (χ1n) is 5.20. The first-order valence-corrected chi connectivity index (χ1v) is 5.20. The van der Waals surface area contributed by atoms with Gasteiger partial charge >= 0.3 is 11.9 Å². The van der Waals surface area contributed by atoms with Gasteiger partial charge in [0.25, 0.3) is 0 Å². The number of carbonyl (C=O) groups is 2. The molecule has 7 heteroatoms. The van der Waals surface area contributed by atoms with Gasteiger partial charge in [0.05, 0.1) is 27.4 Å². The summed E-state index contributed by atoms with van der Waals surface area (Å²) < 4.78 is 9.00. The Labute approximate surface area is 99.9 Å². The number of nitrogens with zero attached hydrogens (tertiary/aromatic N) is 1. The van der Waals surface area contributed by atoms with Gasteiger partial charge in [-0.15, -0.1) is 0 Å². The number of aliphatic hydroxyl groups excluding tert-OH is 2. The lowest BCUT2D eigenvalue weighted by Crippen LogP contribution is -2.41. The number of carbonyl (C=O) groups excluding carboxylic acids is 2. The minimum absolute atomic E-state index is 0.0421. The SMILES string of the molecule is COC(=O)C(CN(CCO)CCO)C(=O)OC. The Morgan fingerprint density at radius 2 is 1.47 bits per heavy atom. The summed E-state index contributed by atoms with van der Waals surface area (Å²) in [5, 5.41) is 17.6. The molecule has 0 rings (SSSR count). The fraction of sp³-hybridized carbons (Fsp3) is 0.800. The van der Waals surface area contributed by atoms with Crippen LogP contribution in [-0.4, -0.2) is 74.1 Å². The van der Waals surface area contributed by atoms with Crippen molar-refractivity contribution in [1.82, 2.24) is 4.90 Å². The van der Waals surface area contributed by atoms with E-state index in [9.17, 15) is 9.59 Å². The van der Waals surface area contributed by atoms with Crippen LogP contribution in [0.2, 0.25) is 0 Å². The Hall–Kier alpha value is -1.18. The molecule has 0 amide bonds. The zero-order valence-corrected chi connectivity index (χ0v) is 10.1. The predicted octanol–water partition coefficient (Wildman–Crippen LogP) is -1.76. The van der Waals surface area contributed by atoms with Gasteiger partial charge in [-0.3, -0.25) is 14.5 Å². The molecular weight excluding hydrogens is 230 g/mol. The minimum Gasteiger partial charge on any atom is -0.468 e. The van der Waals surface area contributed by atoms with Crippen LogP contribution in [0.25, 0.3) is 0 Å². The monoisotopic (exact) mass is 249 g/mol. The van der Waals surface area contributed by atoms with Gasteiger partial charge in [-0.2, -0.15) is 0 Å². The van der Waals surface area contributed by atoms with Crippen molar-refractivity contribution in [2.45, 2.75) is 0 Å². The van der Waals surface area contributed by atoms with Crippen LogP contribution in [-0.2, 0) is 19.1 Å². The highest BCUT2D eigenvalue weighted by molar-refractivity contribution is 5.95. The number of hydrogen-bond acceptors (Lipinski definition) is 7. The fourth-order valence-electron chi connectivity index (χ4n) is 1.37. The molecule has 0 atom stereocenters. The van der Waals surface area contributed by atoms with Crippen molar-refractivity contribution in [1.29, 1.82) is 0 Å². The molecule has 2 N–H and O–H groups in total. The number of esters is 2. The molecule has 0 aromatic heterocycles. The summed E-state index contributed by atoms with van der Waals surface area (Å²) in [6.45, 7) is 0.292. The largest absolute Gasteiger partial charge is 0.468 e. The second-order valence-corrected chi connectivity index (χ2v) is 3.35. The number of aliphatic hydroxyl groups is 2. The lowest BCUT2D eigenvalue weighted by atomic mass is 10.1. The Bertz CT molecular complexity index is 223. The fourth-order valence-corrected chi connectivity index (χ4v) is 1.37. The average Bonchev–Trinajstić information content (AvgIpc) is 2.34. The Morgan fingerprint density at radius 1 is 1.06 bits per heavy atom. The predicted molar refractivity (Wildman–Crippen MR) is 58.1 cm³/mol. The summed E-state index contributed by atoms with van der Waals surface area (Å²) in [5.41, 5.74) is 0. The highest BCUT2D eigenvalue weighted by Gasteiger charge is 2.30. The molecule has 0 aromatic rings. The number of ether oxygens (including phenoxy) is 2. The van der Waals surface area contributed by atoms with Crippen LogP contribution in [0.1, 0.15) is 0 Å². The van der Waals surface area contributed by atoms with Crippen LogP contribution in [0.5, 0.6) is 0 Å². The summed E-state index contributed by atoms with van der Waals surface area (Å²) in [6, 6.07) is 0. The Morgan fingerprint density at radius 3 is 1.76 bits per heavy atom. The van der Waals surface area contributed by atoms with Crippen molar-refractivity contribution < 1.29 is 29.3 Å². The quantitative estimate of drug-likeness (QED) is 0.388. The summed E-state index contributed by atoms with van der Waals surface area (Å²) in [7, 11) is 2.36. The van der Waals surface area contributed by atoms with Crippen molar-refractivity contribution in [3.05, 3.63) is 0 Å². The lowest BCUT2D eigenvalue weighted by molar-refractivity contribution is -0.159. The molecule has 0 spiro atoms. The molecule has 0 bridgehead atoms. The molecule has 100 valence electrons. The molecule has 0 aromatic carbocycles. The molecule has 0 fully saturated rings. The molecule has 0 aliphatic heterocycles. The van der Waals surface area contributed by atoms with Crippen molar-refractivity contribution >= 4 is 11.9 Å². The van der Waals surface area contributed by atoms with Crippen molar-refractivity contribution in [3.63, 3.8) is 0 Å². The van der Waals surface area contributed by atoms with E-state index in [1.54, 1.807) is 4.90 Å². The van der Waals surface area contributed by atoms with Gasteiger partial charge in [0, 0.05) is 19.6 Å². The molecule has 0 unspecified atom stereocenters. The summed E-state index contributed by atoms with van der Waals surface area (Å²) >= 11 is 0. The zero-order valence-electron chi connectivity index (χ0n) is 10.1. The first kappa shape index (κ1) is 15.8. The number of methoxy groups -OCH3 is 2. The third-order valence-electron chi connectivity index (χ3n) is 2.24. The Balaban J connectivity index is 4.57. The second kappa shape index (κ2) is 8.91. The van der Waals surface area contributed by atoms with E-state index in [2.05, 4.69) is 9.47 Å². The summed E-state index contributed by atoms with van der Waals surface area (Å²) in [5.74, 6) is -2.46. The van der Waals surface area contributed by atoms with Gasteiger partial charge in [0.2, 0.25) is 0 Å². The third-order valence-corrected chi connectivity index (χ3v) is 2.24. The number of hydrogen-bond donors (Lipinski definition) is 2. The van der Waals surface area contributed by atoms with E-state index in [-0.39, 0.29) is 32.8 Å². The van der Waals surface area contributed by atoms with E-state index in [1.807, 2.05) is 0 Å². The molecule has 17 heavy (non-hydrogen) atoms. The first-order chi connectivity index (χ1) is 8.10. The normalized spacial score (nSPS) is 10.7. The van der Waals surface area contributed by atoms with Gasteiger partial charge in [-0.25, -0.2) is 0 Å². The third kappa shape index (κ3) is 5.62. The molecule has 0 aliphatic carbocycles. The lowest BCUT2D eigenvalue weighted by Gasteiger charge is -2.23. The van der Waals surface area contributed by atoms with Crippen molar-refractivity contribution in [2.75, 3.05) is 47.1 Å². The van der Waals surface area contributed by atoms with Crippen LogP contribution in [0, 0.1) is 5.92 Å². The van der Waals surface area contributed by atoms with Crippen LogP contribution < -0.4 is 0 Å². The summed E-state index contributed by atoms with van der Waals surface area (Å²) in [4.78, 5) is 24.3. The maximum atomic E-state index is 11.4. The molecular formula is C10H19NO6. The Kier molecular flexibility index (Phi) is 8.29. The van der Waals surface area contributed by atoms with E-state index >= 15 is 0 Å². The zero-order chi connectivity index (χ0) is 13.3. The van der Waals surface area contributed by atoms with Gasteiger partial charge in [-0.05, 0) is 0 Å². The topological polar surface area (TPSA) is 96.3 Å². The maximum absolute atomic E-state index is 11.4. The van der Waals surface area contributed by atoms with Gasteiger partial charge in [-0.1, -0.05) is 0 Å². The maximum Gasteiger partial charge on any atom is 0.321 e. The van der Waals surface area contributed by atoms with Crippen LogP contribution >= 0.6 is 0 Å².